The van der Waals surface area contributed by atoms with E-state index in [1.807, 2.05) is 20.8 Å². The smallest absolute Gasteiger partial charge is 0.261 e. The molecule has 0 saturated carbocycles. The molecule has 1 N–H and O–H groups in total. The SMILES string of the molecule is CC[C@@H](C)NC(=O)[C@H](CC)N(Cc1ccc(F)cc1)C(=O)COc1cccc(Cl)c1. The van der Waals surface area contributed by atoms with Crippen molar-refractivity contribution in [1.82, 2.24) is 10.2 Å². The first-order chi connectivity index (χ1) is 14.3. The predicted octanol–water partition coefficient (Wildman–Crippen LogP) is 4.58. The second-order valence-corrected chi connectivity index (χ2v) is 7.57. The number of nitrogens with zero attached hydrogens (tertiary/aromatic N) is 1. The Morgan fingerprint density at radius 2 is 1.83 bits per heavy atom. The summed E-state index contributed by atoms with van der Waals surface area (Å²) in [7, 11) is 0. The lowest BCUT2D eigenvalue weighted by molar-refractivity contribution is -0.143. The molecule has 0 bridgehead atoms. The van der Waals surface area contributed by atoms with Crippen molar-refractivity contribution in [2.45, 2.75) is 52.2 Å². The molecular weight excluding hydrogens is 407 g/mol. The van der Waals surface area contributed by atoms with Gasteiger partial charge in [0.15, 0.2) is 6.61 Å². The topological polar surface area (TPSA) is 58.6 Å². The highest BCUT2D eigenvalue weighted by Crippen LogP contribution is 2.18. The van der Waals surface area contributed by atoms with Gasteiger partial charge in [0.2, 0.25) is 5.91 Å². The average Bonchev–Trinajstić information content (AvgIpc) is 2.73. The number of hydrogen-bond donors (Lipinski definition) is 1. The fourth-order valence-corrected chi connectivity index (χ4v) is 3.11. The van der Waals surface area contributed by atoms with Crippen LogP contribution in [0.2, 0.25) is 5.02 Å². The van der Waals surface area contributed by atoms with Gasteiger partial charge in [-0.05, 0) is 55.7 Å². The zero-order chi connectivity index (χ0) is 22.1. The minimum absolute atomic E-state index is 0.00275. The molecule has 0 spiro atoms. The normalized spacial score (nSPS) is 12.7. The summed E-state index contributed by atoms with van der Waals surface area (Å²) >= 11 is 5.96. The van der Waals surface area contributed by atoms with Gasteiger partial charge in [0.05, 0.1) is 0 Å². The van der Waals surface area contributed by atoms with Crippen LogP contribution in [0.4, 0.5) is 4.39 Å². The summed E-state index contributed by atoms with van der Waals surface area (Å²) in [5.41, 5.74) is 0.724. The van der Waals surface area contributed by atoms with Gasteiger partial charge in [-0.1, -0.05) is 43.6 Å². The molecule has 0 aliphatic carbocycles. The second kappa shape index (κ2) is 11.6. The monoisotopic (exact) mass is 434 g/mol. The summed E-state index contributed by atoms with van der Waals surface area (Å²) in [4.78, 5) is 27.4. The van der Waals surface area contributed by atoms with Crippen LogP contribution in [0, 0.1) is 5.82 Å². The summed E-state index contributed by atoms with van der Waals surface area (Å²) in [6, 6.07) is 12.0. The Balaban J connectivity index is 2.20. The molecule has 0 fully saturated rings. The number of rotatable bonds is 10. The van der Waals surface area contributed by atoms with Gasteiger partial charge in [-0.3, -0.25) is 9.59 Å². The van der Waals surface area contributed by atoms with Crippen molar-refractivity contribution >= 4 is 23.4 Å². The quantitative estimate of drug-likeness (QED) is 0.595. The van der Waals surface area contributed by atoms with E-state index in [2.05, 4.69) is 5.32 Å². The van der Waals surface area contributed by atoms with Gasteiger partial charge in [-0.2, -0.15) is 0 Å². The second-order valence-electron chi connectivity index (χ2n) is 7.14. The molecule has 0 unspecified atom stereocenters. The molecule has 0 radical (unpaired) electrons. The van der Waals surface area contributed by atoms with Gasteiger partial charge in [0.25, 0.3) is 5.91 Å². The third-order valence-electron chi connectivity index (χ3n) is 4.81. The van der Waals surface area contributed by atoms with E-state index in [1.54, 1.807) is 36.4 Å². The lowest BCUT2D eigenvalue weighted by atomic mass is 10.1. The van der Waals surface area contributed by atoms with E-state index in [1.165, 1.54) is 17.0 Å². The molecule has 162 valence electrons. The van der Waals surface area contributed by atoms with Crippen molar-refractivity contribution in [3.05, 3.63) is 64.9 Å². The zero-order valence-corrected chi connectivity index (χ0v) is 18.3. The highest BCUT2D eigenvalue weighted by atomic mass is 35.5. The van der Waals surface area contributed by atoms with E-state index in [4.69, 9.17) is 16.3 Å². The van der Waals surface area contributed by atoms with Crippen LogP contribution in [-0.4, -0.2) is 35.4 Å². The number of amides is 2. The fraction of sp³-hybridized carbons (Fsp3) is 0.391. The molecular formula is C23H28ClFN2O3. The molecule has 0 aliphatic heterocycles. The Hall–Kier alpha value is -2.60. The van der Waals surface area contributed by atoms with Gasteiger partial charge in [-0.15, -0.1) is 0 Å². The first-order valence-electron chi connectivity index (χ1n) is 10.1. The van der Waals surface area contributed by atoms with Crippen LogP contribution in [0.15, 0.2) is 48.5 Å². The van der Waals surface area contributed by atoms with Gasteiger partial charge < -0.3 is 15.0 Å². The van der Waals surface area contributed by atoms with Crippen LogP contribution in [0.5, 0.6) is 5.75 Å². The largest absolute Gasteiger partial charge is 0.484 e. The third-order valence-corrected chi connectivity index (χ3v) is 5.05. The molecule has 0 heterocycles. The van der Waals surface area contributed by atoms with Crippen molar-refractivity contribution in [1.29, 1.82) is 0 Å². The Bertz CT molecular complexity index is 845. The summed E-state index contributed by atoms with van der Waals surface area (Å²) in [5.74, 6) is -0.451. The lowest BCUT2D eigenvalue weighted by Gasteiger charge is -2.31. The number of ether oxygens (including phenoxy) is 1. The van der Waals surface area contributed by atoms with E-state index >= 15 is 0 Å². The highest BCUT2D eigenvalue weighted by molar-refractivity contribution is 6.30. The van der Waals surface area contributed by atoms with E-state index in [9.17, 15) is 14.0 Å². The first kappa shape index (κ1) is 23.7. The number of hydrogen-bond acceptors (Lipinski definition) is 3. The molecule has 30 heavy (non-hydrogen) atoms. The number of carbonyl (C=O) groups is 2. The van der Waals surface area contributed by atoms with Crippen LogP contribution in [0.1, 0.15) is 39.2 Å². The van der Waals surface area contributed by atoms with Crippen molar-refractivity contribution in [3.63, 3.8) is 0 Å². The molecule has 2 atom stereocenters. The molecule has 0 aromatic heterocycles. The maximum atomic E-state index is 13.3. The molecule has 5 nitrogen and oxygen atoms in total. The van der Waals surface area contributed by atoms with Crippen molar-refractivity contribution < 1.29 is 18.7 Å². The maximum Gasteiger partial charge on any atom is 0.261 e. The summed E-state index contributed by atoms with van der Waals surface area (Å²) in [6.45, 7) is 5.67. The van der Waals surface area contributed by atoms with E-state index in [0.717, 1.165) is 12.0 Å². The van der Waals surface area contributed by atoms with Gasteiger partial charge >= 0.3 is 0 Å². The summed E-state index contributed by atoms with van der Waals surface area (Å²) in [6.07, 6.45) is 1.22. The molecule has 2 aromatic carbocycles. The maximum absolute atomic E-state index is 13.3. The number of benzene rings is 2. The van der Waals surface area contributed by atoms with Crippen LogP contribution < -0.4 is 10.1 Å². The Kier molecular flexibility index (Phi) is 9.12. The fourth-order valence-electron chi connectivity index (χ4n) is 2.93. The van der Waals surface area contributed by atoms with Gasteiger partial charge in [-0.25, -0.2) is 4.39 Å². The molecule has 7 heteroatoms. The Morgan fingerprint density at radius 1 is 1.13 bits per heavy atom. The average molecular weight is 435 g/mol. The van der Waals surface area contributed by atoms with Gasteiger partial charge in [0.1, 0.15) is 17.6 Å². The van der Waals surface area contributed by atoms with Gasteiger partial charge in [0, 0.05) is 17.6 Å². The zero-order valence-electron chi connectivity index (χ0n) is 17.5. The van der Waals surface area contributed by atoms with Crippen molar-refractivity contribution in [3.8, 4) is 5.75 Å². The molecule has 0 aliphatic rings. The van der Waals surface area contributed by atoms with Crippen LogP contribution in [0.25, 0.3) is 0 Å². The van der Waals surface area contributed by atoms with E-state index < -0.39 is 6.04 Å². The summed E-state index contributed by atoms with van der Waals surface area (Å²) in [5, 5.41) is 3.44. The van der Waals surface area contributed by atoms with Crippen LogP contribution in [0.3, 0.4) is 0 Å². The van der Waals surface area contributed by atoms with Crippen LogP contribution >= 0.6 is 11.6 Å². The Labute approximate surface area is 182 Å². The standard InChI is InChI=1S/C23H28ClFN2O3/c1-4-16(3)26-23(29)21(5-2)27(14-17-9-11-19(25)12-10-17)22(28)15-30-20-8-6-7-18(24)13-20/h6-13,16,21H,4-5,14-15H2,1-3H3,(H,26,29)/t16-,21+/m1/s1. The highest BCUT2D eigenvalue weighted by Gasteiger charge is 2.29. The van der Waals surface area contributed by atoms with Crippen LogP contribution in [-0.2, 0) is 16.1 Å². The van der Waals surface area contributed by atoms with E-state index in [0.29, 0.717) is 17.2 Å². The molecule has 0 saturated heterocycles. The minimum Gasteiger partial charge on any atom is -0.484 e. The molecule has 2 aromatic rings. The number of carbonyl (C=O) groups excluding carboxylic acids is 2. The first-order valence-corrected chi connectivity index (χ1v) is 10.4. The molecule has 2 rings (SSSR count). The minimum atomic E-state index is -0.667. The molecule has 2 amide bonds. The summed E-state index contributed by atoms with van der Waals surface area (Å²) < 4.78 is 18.9. The number of nitrogens with one attached hydrogen (secondary N) is 1. The van der Waals surface area contributed by atoms with E-state index in [-0.39, 0.29) is 36.8 Å². The third kappa shape index (κ3) is 7.02. The lowest BCUT2D eigenvalue weighted by Crippen LogP contribution is -2.51. The Morgan fingerprint density at radius 3 is 2.43 bits per heavy atom. The predicted molar refractivity (Wildman–Crippen MR) is 116 cm³/mol. The number of halogens is 2. The van der Waals surface area contributed by atoms with Crippen molar-refractivity contribution in [2.24, 2.45) is 0 Å². The van der Waals surface area contributed by atoms with Crippen molar-refractivity contribution in [2.75, 3.05) is 6.61 Å².